The summed E-state index contributed by atoms with van der Waals surface area (Å²) in [4.78, 5) is -1.81. The lowest BCUT2D eigenvalue weighted by molar-refractivity contribution is -0.199. The van der Waals surface area contributed by atoms with Crippen LogP contribution >= 0.6 is 23.2 Å². The molecule has 0 bridgehead atoms. The Bertz CT molecular complexity index is 91.5. The van der Waals surface area contributed by atoms with Crippen molar-refractivity contribution in [2.45, 2.75) is 17.1 Å². The summed E-state index contributed by atoms with van der Waals surface area (Å²) < 4.78 is 33.8. The summed E-state index contributed by atoms with van der Waals surface area (Å²) in [6.45, 7) is 0. The second kappa shape index (κ2) is 2.94. The highest BCUT2D eigenvalue weighted by atomic mass is 35.5. The van der Waals surface area contributed by atoms with Gasteiger partial charge in [-0.1, -0.05) is 0 Å². The first-order valence-corrected chi connectivity index (χ1v) is 2.76. The Morgan fingerprint density at radius 3 is 1.56 bits per heavy atom. The Hall–Kier alpha value is 0.330. The lowest BCUT2D eigenvalue weighted by atomic mass is 10.4. The molecule has 1 N–H and O–H groups in total. The minimum Gasteiger partial charge on any atom is -0.381 e. The van der Waals surface area contributed by atoms with Crippen LogP contribution in [0.5, 0.6) is 0 Å². The van der Waals surface area contributed by atoms with Gasteiger partial charge in [0.15, 0.2) is 6.10 Å². The van der Waals surface area contributed by atoms with Crippen molar-refractivity contribution in [1.29, 1.82) is 0 Å². The van der Waals surface area contributed by atoms with E-state index in [-0.39, 0.29) is 0 Å². The van der Waals surface area contributed by atoms with E-state index in [1.54, 1.807) is 0 Å². The highest BCUT2D eigenvalue weighted by molar-refractivity contribution is 6.44. The van der Waals surface area contributed by atoms with Gasteiger partial charge in [0.1, 0.15) is 4.84 Å². The van der Waals surface area contributed by atoms with Crippen molar-refractivity contribution in [2.24, 2.45) is 0 Å². The van der Waals surface area contributed by atoms with E-state index < -0.39 is 17.1 Å². The van der Waals surface area contributed by atoms with Crippen LogP contribution in [-0.4, -0.2) is 22.2 Å². The smallest absolute Gasteiger partial charge is 0.381 e. The van der Waals surface area contributed by atoms with Gasteiger partial charge in [0.05, 0.1) is 0 Å². The summed E-state index contributed by atoms with van der Waals surface area (Å²) in [6, 6.07) is 0. The van der Waals surface area contributed by atoms with Crippen molar-refractivity contribution in [3.8, 4) is 0 Å². The van der Waals surface area contributed by atoms with Gasteiger partial charge in [0, 0.05) is 0 Å². The Balaban J connectivity index is 3.88. The molecule has 6 heteroatoms. The predicted octanol–water partition coefficient (Wildman–Crippen LogP) is 1.71. The molecule has 0 aromatic carbocycles. The van der Waals surface area contributed by atoms with Crippen molar-refractivity contribution in [1.82, 2.24) is 0 Å². The first-order valence-electron chi connectivity index (χ1n) is 1.88. The zero-order valence-electron chi connectivity index (χ0n) is 3.99. The number of hydrogen-bond acceptors (Lipinski definition) is 1. The molecule has 0 heterocycles. The molecular weight excluding hydrogens is 180 g/mol. The molecule has 9 heavy (non-hydrogen) atoms. The van der Waals surface area contributed by atoms with Gasteiger partial charge in [0.25, 0.3) is 0 Å². The number of aliphatic hydroxyl groups is 1. The van der Waals surface area contributed by atoms with Crippen LogP contribution in [0.15, 0.2) is 0 Å². The molecule has 0 aromatic rings. The average molecular weight is 183 g/mol. The summed E-state index contributed by atoms with van der Waals surface area (Å²) in [5, 5.41) is 8.07. The quantitative estimate of drug-likeness (QED) is 0.613. The summed E-state index contributed by atoms with van der Waals surface area (Å²) in [5.41, 5.74) is 0. The maximum absolute atomic E-state index is 11.3. The van der Waals surface area contributed by atoms with E-state index in [1.165, 1.54) is 0 Å². The summed E-state index contributed by atoms with van der Waals surface area (Å²) in [7, 11) is 0. The normalized spacial score (nSPS) is 16.3. The molecule has 0 rings (SSSR count). The number of aliphatic hydroxyl groups excluding tert-OH is 1. The molecular formula is C3H3Cl2F3O. The molecule has 0 saturated heterocycles. The molecule has 0 fully saturated rings. The fourth-order valence-electron chi connectivity index (χ4n) is 0.143. The minimum atomic E-state index is -4.73. The first-order chi connectivity index (χ1) is 3.85. The van der Waals surface area contributed by atoms with E-state index in [0.717, 1.165) is 0 Å². The Labute approximate surface area is 59.4 Å². The van der Waals surface area contributed by atoms with Crippen molar-refractivity contribution in [3.05, 3.63) is 0 Å². The molecule has 1 atom stereocenters. The molecule has 0 aliphatic heterocycles. The lowest BCUT2D eigenvalue weighted by Gasteiger charge is -2.13. The molecule has 0 radical (unpaired) electrons. The van der Waals surface area contributed by atoms with E-state index >= 15 is 0 Å². The SMILES string of the molecule is OC(C(Cl)Cl)C(F)(F)F. The van der Waals surface area contributed by atoms with Crippen LogP contribution in [0.2, 0.25) is 0 Å². The van der Waals surface area contributed by atoms with E-state index in [9.17, 15) is 13.2 Å². The number of hydrogen-bond donors (Lipinski definition) is 1. The van der Waals surface area contributed by atoms with E-state index in [1.807, 2.05) is 0 Å². The van der Waals surface area contributed by atoms with Gasteiger partial charge < -0.3 is 5.11 Å². The minimum absolute atomic E-state index is 1.81. The molecule has 0 aliphatic carbocycles. The molecule has 1 nitrogen and oxygen atoms in total. The fraction of sp³-hybridized carbons (Fsp3) is 1.00. The largest absolute Gasteiger partial charge is 0.417 e. The highest BCUT2D eigenvalue weighted by Gasteiger charge is 2.42. The average Bonchev–Trinajstić information content (AvgIpc) is 1.62. The number of rotatable bonds is 1. The van der Waals surface area contributed by atoms with E-state index in [0.29, 0.717) is 0 Å². The van der Waals surface area contributed by atoms with Gasteiger partial charge in [-0.25, -0.2) is 0 Å². The third-order valence-corrected chi connectivity index (χ3v) is 1.05. The van der Waals surface area contributed by atoms with Crippen LogP contribution in [-0.2, 0) is 0 Å². The third kappa shape index (κ3) is 3.13. The van der Waals surface area contributed by atoms with Gasteiger partial charge in [0.2, 0.25) is 0 Å². The molecule has 1 unspecified atom stereocenters. The van der Waals surface area contributed by atoms with Crippen molar-refractivity contribution in [2.75, 3.05) is 0 Å². The predicted molar refractivity (Wildman–Crippen MR) is 27.6 cm³/mol. The molecule has 0 aromatic heterocycles. The van der Waals surface area contributed by atoms with Crippen LogP contribution < -0.4 is 0 Å². The van der Waals surface area contributed by atoms with Crippen molar-refractivity contribution >= 4 is 23.2 Å². The third-order valence-electron chi connectivity index (χ3n) is 0.574. The maximum atomic E-state index is 11.3. The molecule has 0 aliphatic rings. The van der Waals surface area contributed by atoms with Crippen LogP contribution in [0, 0.1) is 0 Å². The summed E-state index contributed by atoms with van der Waals surface area (Å²) in [6.07, 6.45) is -7.38. The van der Waals surface area contributed by atoms with Gasteiger partial charge in [-0.15, -0.1) is 23.2 Å². The van der Waals surface area contributed by atoms with Crippen LogP contribution in [0.25, 0.3) is 0 Å². The Morgan fingerprint density at radius 1 is 1.22 bits per heavy atom. The van der Waals surface area contributed by atoms with E-state index in [4.69, 9.17) is 28.3 Å². The molecule has 56 valence electrons. The summed E-state index contributed by atoms with van der Waals surface area (Å²) in [5.74, 6) is 0. The molecule has 0 amide bonds. The molecule has 0 saturated carbocycles. The van der Waals surface area contributed by atoms with E-state index in [2.05, 4.69) is 0 Å². The highest BCUT2D eigenvalue weighted by Crippen LogP contribution is 2.26. The van der Waals surface area contributed by atoms with Gasteiger partial charge in [-0.05, 0) is 0 Å². The lowest BCUT2D eigenvalue weighted by Crippen LogP contribution is -2.33. The van der Waals surface area contributed by atoms with Gasteiger partial charge >= 0.3 is 6.18 Å². The zero-order valence-corrected chi connectivity index (χ0v) is 5.50. The Kier molecular flexibility index (Phi) is 3.05. The van der Waals surface area contributed by atoms with Crippen LogP contribution in [0.4, 0.5) is 13.2 Å². The molecule has 0 spiro atoms. The van der Waals surface area contributed by atoms with Gasteiger partial charge in [-0.3, -0.25) is 0 Å². The van der Waals surface area contributed by atoms with Crippen LogP contribution in [0.3, 0.4) is 0 Å². The van der Waals surface area contributed by atoms with Crippen LogP contribution in [0.1, 0.15) is 0 Å². The monoisotopic (exact) mass is 182 g/mol. The summed E-state index contributed by atoms with van der Waals surface area (Å²) >= 11 is 9.42. The van der Waals surface area contributed by atoms with Crippen molar-refractivity contribution < 1.29 is 18.3 Å². The number of alkyl halides is 5. The Morgan fingerprint density at radius 2 is 1.56 bits per heavy atom. The topological polar surface area (TPSA) is 20.2 Å². The van der Waals surface area contributed by atoms with Crippen molar-refractivity contribution in [3.63, 3.8) is 0 Å². The number of halogens is 5. The van der Waals surface area contributed by atoms with Gasteiger partial charge in [-0.2, -0.15) is 13.2 Å². The second-order valence-electron chi connectivity index (χ2n) is 1.32. The standard InChI is InChI=1S/C3H3Cl2F3O/c4-2(5)1(9)3(6,7)8/h1-2,9H. The maximum Gasteiger partial charge on any atom is 0.417 e. The first kappa shape index (κ1) is 9.33. The fourth-order valence-corrected chi connectivity index (χ4v) is 0.429. The zero-order chi connectivity index (χ0) is 7.65. The second-order valence-corrected chi connectivity index (χ2v) is 2.48.